The van der Waals surface area contributed by atoms with Gasteiger partial charge in [0.25, 0.3) is 5.89 Å². The van der Waals surface area contributed by atoms with E-state index in [1.54, 1.807) is 6.92 Å². The number of hydrogen-bond donors (Lipinski definition) is 0. The van der Waals surface area contributed by atoms with Crippen molar-refractivity contribution in [2.75, 3.05) is 13.2 Å². The smallest absolute Gasteiger partial charge is 0.252 e. The van der Waals surface area contributed by atoms with Crippen molar-refractivity contribution in [3.8, 4) is 0 Å². The molecule has 7 nitrogen and oxygen atoms in total. The molecule has 2 aromatic rings. The van der Waals surface area contributed by atoms with Crippen LogP contribution in [-0.2, 0) is 22.6 Å². The van der Waals surface area contributed by atoms with Gasteiger partial charge in [0, 0.05) is 13.0 Å². The molecule has 0 spiro atoms. The first-order valence-electron chi connectivity index (χ1n) is 8.81. The zero-order valence-corrected chi connectivity index (χ0v) is 15.0. The molecule has 1 aliphatic rings. The molecule has 0 aromatic carbocycles. The van der Waals surface area contributed by atoms with Crippen LogP contribution in [0.25, 0.3) is 0 Å². The van der Waals surface area contributed by atoms with Crippen molar-refractivity contribution in [1.82, 2.24) is 15.0 Å². The second-order valence-electron chi connectivity index (χ2n) is 6.62. The molecule has 1 fully saturated rings. The Morgan fingerprint density at radius 1 is 1.44 bits per heavy atom. The number of amides is 1. The SMILES string of the molecule is CCc1ccc([C@@H]2C[C@@H](C)CCN2C(=O)COCc2nc(C)no2)o1. The van der Waals surface area contributed by atoms with Crippen LogP contribution in [0, 0.1) is 12.8 Å². The maximum Gasteiger partial charge on any atom is 0.252 e. The van der Waals surface area contributed by atoms with E-state index in [1.807, 2.05) is 17.0 Å². The Morgan fingerprint density at radius 2 is 2.28 bits per heavy atom. The molecule has 3 rings (SSSR count). The van der Waals surface area contributed by atoms with Crippen LogP contribution in [0.15, 0.2) is 21.1 Å². The Hall–Kier alpha value is -2.15. The quantitative estimate of drug-likeness (QED) is 0.799. The maximum atomic E-state index is 12.7. The molecule has 0 saturated carbocycles. The van der Waals surface area contributed by atoms with Crippen LogP contribution < -0.4 is 0 Å². The molecule has 1 saturated heterocycles. The van der Waals surface area contributed by atoms with E-state index in [4.69, 9.17) is 13.7 Å². The average molecular weight is 347 g/mol. The van der Waals surface area contributed by atoms with Crippen molar-refractivity contribution in [3.63, 3.8) is 0 Å². The summed E-state index contributed by atoms with van der Waals surface area (Å²) < 4.78 is 16.4. The predicted molar refractivity (Wildman–Crippen MR) is 89.6 cm³/mol. The fourth-order valence-electron chi connectivity index (χ4n) is 3.18. The van der Waals surface area contributed by atoms with Gasteiger partial charge in [0.1, 0.15) is 24.7 Å². The molecule has 0 unspecified atom stereocenters. The Kier molecular flexibility index (Phi) is 5.53. The number of ether oxygens (including phenoxy) is 1. The normalized spacial score (nSPS) is 20.8. The Morgan fingerprint density at radius 3 is 2.96 bits per heavy atom. The van der Waals surface area contributed by atoms with E-state index in [0.29, 0.717) is 17.6 Å². The van der Waals surface area contributed by atoms with E-state index in [9.17, 15) is 4.79 Å². The van der Waals surface area contributed by atoms with Gasteiger partial charge in [-0.2, -0.15) is 4.98 Å². The van der Waals surface area contributed by atoms with Gasteiger partial charge < -0.3 is 18.6 Å². The highest BCUT2D eigenvalue weighted by Gasteiger charge is 2.33. The van der Waals surface area contributed by atoms with Crippen LogP contribution >= 0.6 is 0 Å². The van der Waals surface area contributed by atoms with Crippen LogP contribution in [0.4, 0.5) is 0 Å². The summed E-state index contributed by atoms with van der Waals surface area (Å²) >= 11 is 0. The third-order valence-electron chi connectivity index (χ3n) is 4.57. The van der Waals surface area contributed by atoms with Gasteiger partial charge in [0.15, 0.2) is 5.82 Å². The van der Waals surface area contributed by atoms with E-state index >= 15 is 0 Å². The highest BCUT2D eigenvalue weighted by Crippen LogP contribution is 2.35. The van der Waals surface area contributed by atoms with Crippen molar-refractivity contribution >= 4 is 5.91 Å². The molecule has 7 heteroatoms. The summed E-state index contributed by atoms with van der Waals surface area (Å²) in [6, 6.07) is 3.96. The minimum atomic E-state index is -0.0393. The second kappa shape index (κ2) is 7.82. The summed E-state index contributed by atoms with van der Waals surface area (Å²) in [7, 11) is 0. The summed E-state index contributed by atoms with van der Waals surface area (Å²) in [5.74, 6) is 3.27. The van der Waals surface area contributed by atoms with Gasteiger partial charge in [-0.15, -0.1) is 0 Å². The van der Waals surface area contributed by atoms with E-state index in [0.717, 1.165) is 37.3 Å². The standard InChI is InChI=1S/C18H25N3O4/c1-4-14-5-6-16(24-14)15-9-12(2)7-8-21(15)18(22)11-23-10-17-19-13(3)20-25-17/h5-6,12,15H,4,7-11H2,1-3H3/t12-,15-/m0/s1. The summed E-state index contributed by atoms with van der Waals surface area (Å²) in [6.07, 6.45) is 2.75. The number of carbonyl (C=O) groups excluding carboxylic acids is 1. The molecule has 25 heavy (non-hydrogen) atoms. The van der Waals surface area contributed by atoms with Crippen molar-refractivity contribution in [2.45, 2.75) is 52.7 Å². The Bertz CT molecular complexity index is 709. The summed E-state index contributed by atoms with van der Waals surface area (Å²) in [5, 5.41) is 3.70. The van der Waals surface area contributed by atoms with Crippen molar-refractivity contribution in [2.24, 2.45) is 5.92 Å². The number of aromatic nitrogens is 2. The molecule has 0 bridgehead atoms. The lowest BCUT2D eigenvalue weighted by Crippen LogP contribution is -2.42. The van der Waals surface area contributed by atoms with E-state index in [1.165, 1.54) is 0 Å². The van der Waals surface area contributed by atoms with Crippen LogP contribution in [0.1, 0.15) is 56.0 Å². The van der Waals surface area contributed by atoms with Crippen LogP contribution in [0.5, 0.6) is 0 Å². The highest BCUT2D eigenvalue weighted by molar-refractivity contribution is 5.78. The van der Waals surface area contributed by atoms with Crippen LogP contribution in [0.2, 0.25) is 0 Å². The molecule has 2 atom stereocenters. The van der Waals surface area contributed by atoms with Crippen LogP contribution in [0.3, 0.4) is 0 Å². The van der Waals surface area contributed by atoms with Gasteiger partial charge in [0.2, 0.25) is 5.91 Å². The van der Waals surface area contributed by atoms with E-state index in [-0.39, 0.29) is 25.2 Å². The number of hydrogen-bond acceptors (Lipinski definition) is 6. The lowest BCUT2D eigenvalue weighted by atomic mass is 9.91. The zero-order valence-electron chi connectivity index (χ0n) is 15.0. The third-order valence-corrected chi connectivity index (χ3v) is 4.57. The zero-order chi connectivity index (χ0) is 17.8. The number of aryl methyl sites for hydroxylation is 2. The van der Waals surface area contributed by atoms with Gasteiger partial charge in [-0.3, -0.25) is 4.79 Å². The average Bonchev–Trinajstić information content (AvgIpc) is 3.23. The molecule has 0 aliphatic carbocycles. The number of furan rings is 1. The van der Waals surface area contributed by atoms with Gasteiger partial charge in [-0.1, -0.05) is 19.0 Å². The Balaban J connectivity index is 1.61. The van der Waals surface area contributed by atoms with Gasteiger partial charge in [-0.05, 0) is 37.8 Å². The van der Waals surface area contributed by atoms with Gasteiger partial charge in [-0.25, -0.2) is 0 Å². The lowest BCUT2D eigenvalue weighted by Gasteiger charge is -2.37. The van der Waals surface area contributed by atoms with Crippen LogP contribution in [-0.4, -0.2) is 34.1 Å². The Labute approximate surface area is 147 Å². The van der Waals surface area contributed by atoms with Crippen molar-refractivity contribution < 1.29 is 18.5 Å². The molecular formula is C18H25N3O4. The number of likely N-dealkylation sites (tertiary alicyclic amines) is 1. The molecule has 136 valence electrons. The summed E-state index contributed by atoms with van der Waals surface area (Å²) in [5.41, 5.74) is 0. The monoisotopic (exact) mass is 347 g/mol. The predicted octanol–water partition coefficient (Wildman–Crippen LogP) is 3.05. The fourth-order valence-corrected chi connectivity index (χ4v) is 3.18. The molecular weight excluding hydrogens is 322 g/mol. The first kappa shape index (κ1) is 17.7. The minimum Gasteiger partial charge on any atom is -0.464 e. The fraction of sp³-hybridized carbons (Fsp3) is 0.611. The van der Waals surface area contributed by atoms with Gasteiger partial charge in [0.05, 0.1) is 6.04 Å². The maximum absolute atomic E-state index is 12.7. The summed E-state index contributed by atoms with van der Waals surface area (Å²) in [4.78, 5) is 18.6. The molecule has 3 heterocycles. The largest absolute Gasteiger partial charge is 0.464 e. The van der Waals surface area contributed by atoms with E-state index in [2.05, 4.69) is 24.0 Å². The number of rotatable bonds is 6. The first-order valence-corrected chi connectivity index (χ1v) is 8.81. The topological polar surface area (TPSA) is 81.6 Å². The van der Waals surface area contributed by atoms with Gasteiger partial charge >= 0.3 is 0 Å². The van der Waals surface area contributed by atoms with E-state index < -0.39 is 0 Å². The van der Waals surface area contributed by atoms with Crippen molar-refractivity contribution in [1.29, 1.82) is 0 Å². The molecule has 0 N–H and O–H groups in total. The van der Waals surface area contributed by atoms with Crippen molar-refractivity contribution in [3.05, 3.63) is 35.4 Å². The highest BCUT2D eigenvalue weighted by atomic mass is 16.5. The number of nitrogens with zero attached hydrogens (tertiary/aromatic N) is 3. The molecule has 0 radical (unpaired) electrons. The molecule has 2 aromatic heterocycles. The minimum absolute atomic E-state index is 0.00630. The third kappa shape index (κ3) is 4.28. The number of piperidine rings is 1. The molecule has 1 amide bonds. The lowest BCUT2D eigenvalue weighted by molar-refractivity contribution is -0.142. The first-order chi connectivity index (χ1) is 12.1. The second-order valence-corrected chi connectivity index (χ2v) is 6.62. The molecule has 1 aliphatic heterocycles. The summed E-state index contributed by atoms with van der Waals surface area (Å²) in [6.45, 7) is 6.87. The number of carbonyl (C=O) groups is 1.